The van der Waals surface area contributed by atoms with Gasteiger partial charge in [-0.1, -0.05) is 31.2 Å². The molecule has 4 rings (SSSR count). The average molecular weight is 362 g/mol. The van der Waals surface area contributed by atoms with Crippen LogP contribution in [0.1, 0.15) is 52.5 Å². The fourth-order valence-corrected chi connectivity index (χ4v) is 3.92. The lowest BCUT2D eigenvalue weighted by Gasteiger charge is -2.35. The predicted octanol–water partition coefficient (Wildman–Crippen LogP) is 2.57. The second-order valence-corrected chi connectivity index (χ2v) is 6.85. The van der Waals surface area contributed by atoms with E-state index in [1.54, 1.807) is 48.5 Å². The fraction of sp³-hybridized carbons (Fsp3) is 0.238. The Morgan fingerprint density at radius 1 is 0.926 bits per heavy atom. The number of piperidine rings is 1. The van der Waals surface area contributed by atoms with E-state index in [1.165, 1.54) is 0 Å². The number of carbonyl (C=O) groups excluding carboxylic acids is 4. The highest BCUT2D eigenvalue weighted by molar-refractivity contribution is 6.34. The molecule has 0 bridgehead atoms. The van der Waals surface area contributed by atoms with Crippen molar-refractivity contribution in [2.24, 2.45) is 0 Å². The molecule has 0 radical (unpaired) electrons. The minimum atomic E-state index is -0.769. The molecule has 0 aromatic heterocycles. The summed E-state index contributed by atoms with van der Waals surface area (Å²) in [5.74, 6) is -1.26. The molecule has 2 aliphatic rings. The molecule has 1 fully saturated rings. The van der Waals surface area contributed by atoms with Gasteiger partial charge in [-0.3, -0.25) is 24.5 Å². The molecule has 6 heteroatoms. The Morgan fingerprint density at radius 3 is 2.04 bits per heavy atom. The van der Waals surface area contributed by atoms with Gasteiger partial charge in [0, 0.05) is 6.42 Å². The van der Waals surface area contributed by atoms with Crippen LogP contribution in [-0.4, -0.2) is 23.6 Å². The third kappa shape index (κ3) is 2.48. The molecular formula is C21H18N2O4. The van der Waals surface area contributed by atoms with Gasteiger partial charge in [-0.05, 0) is 42.7 Å². The van der Waals surface area contributed by atoms with E-state index in [4.69, 9.17) is 0 Å². The number of rotatable bonds is 3. The van der Waals surface area contributed by atoms with Crippen LogP contribution in [-0.2, 0) is 15.0 Å². The minimum Gasteiger partial charge on any atom is -0.296 e. The predicted molar refractivity (Wildman–Crippen MR) is 98.4 cm³/mol. The van der Waals surface area contributed by atoms with Crippen molar-refractivity contribution in [2.75, 3.05) is 4.90 Å². The van der Waals surface area contributed by atoms with E-state index in [2.05, 4.69) is 5.32 Å². The Labute approximate surface area is 156 Å². The van der Waals surface area contributed by atoms with Crippen LogP contribution in [0.3, 0.4) is 0 Å². The quantitative estimate of drug-likeness (QED) is 0.851. The van der Waals surface area contributed by atoms with Crippen LogP contribution in [0.15, 0.2) is 48.5 Å². The van der Waals surface area contributed by atoms with Crippen molar-refractivity contribution in [2.45, 2.75) is 31.6 Å². The van der Waals surface area contributed by atoms with Gasteiger partial charge in [0.15, 0.2) is 0 Å². The number of nitrogens with zero attached hydrogens (tertiary/aromatic N) is 1. The average Bonchev–Trinajstić information content (AvgIpc) is 2.94. The summed E-state index contributed by atoms with van der Waals surface area (Å²) in [5.41, 5.74) is 1.25. The number of hydrogen-bond donors (Lipinski definition) is 1. The molecule has 1 N–H and O–H groups in total. The van der Waals surface area contributed by atoms with Crippen molar-refractivity contribution in [3.63, 3.8) is 0 Å². The fourth-order valence-electron chi connectivity index (χ4n) is 3.92. The molecule has 0 saturated carbocycles. The third-order valence-electron chi connectivity index (χ3n) is 5.54. The molecule has 0 unspecified atom stereocenters. The van der Waals surface area contributed by atoms with Crippen molar-refractivity contribution in [3.8, 4) is 0 Å². The topological polar surface area (TPSA) is 83.6 Å². The Morgan fingerprint density at radius 2 is 1.52 bits per heavy atom. The van der Waals surface area contributed by atoms with Gasteiger partial charge in [-0.15, -0.1) is 0 Å². The molecule has 6 nitrogen and oxygen atoms in total. The van der Waals surface area contributed by atoms with Gasteiger partial charge >= 0.3 is 0 Å². The molecule has 2 aromatic rings. The Kier molecular flexibility index (Phi) is 3.91. The largest absolute Gasteiger partial charge is 0.296 e. The molecule has 2 aliphatic heterocycles. The highest BCUT2D eigenvalue weighted by Gasteiger charge is 2.43. The van der Waals surface area contributed by atoms with Gasteiger partial charge in [0.05, 0.1) is 22.2 Å². The van der Waals surface area contributed by atoms with E-state index in [0.29, 0.717) is 36.1 Å². The summed E-state index contributed by atoms with van der Waals surface area (Å²) < 4.78 is 0. The normalized spacial score (nSPS) is 22.0. The zero-order valence-electron chi connectivity index (χ0n) is 14.8. The summed E-state index contributed by atoms with van der Waals surface area (Å²) in [7, 11) is 0. The molecule has 1 saturated heterocycles. The van der Waals surface area contributed by atoms with Crippen LogP contribution in [0.5, 0.6) is 0 Å². The number of nitrogens with one attached hydrogen (secondary N) is 1. The van der Waals surface area contributed by atoms with Crippen LogP contribution in [0.2, 0.25) is 0 Å². The molecule has 0 aliphatic carbocycles. The first-order chi connectivity index (χ1) is 13.0. The highest BCUT2D eigenvalue weighted by atomic mass is 16.2. The van der Waals surface area contributed by atoms with Gasteiger partial charge in [-0.2, -0.15) is 0 Å². The molecule has 1 atom stereocenters. The number of anilines is 1. The van der Waals surface area contributed by atoms with E-state index in [9.17, 15) is 19.2 Å². The number of benzene rings is 2. The summed E-state index contributed by atoms with van der Waals surface area (Å²) in [6.45, 7) is 1.91. The summed E-state index contributed by atoms with van der Waals surface area (Å²) in [6.07, 6.45) is 1.29. The zero-order chi connectivity index (χ0) is 19.2. The van der Waals surface area contributed by atoms with Gasteiger partial charge in [-0.25, -0.2) is 4.90 Å². The number of carbonyl (C=O) groups is 4. The first-order valence-corrected chi connectivity index (χ1v) is 8.90. The molecule has 27 heavy (non-hydrogen) atoms. The standard InChI is InChI=1S/C21H18N2O4/c1-2-21(12-11-17(24)22-20(21)27)13-7-9-14(10-8-13)23-18(25)15-5-3-4-6-16(15)19(23)26/h3-10H,2,11-12H2,1H3,(H,22,24,27)/t21-/m1/s1. The third-order valence-corrected chi connectivity index (χ3v) is 5.54. The Hall–Kier alpha value is -3.28. The van der Waals surface area contributed by atoms with Gasteiger partial charge in [0.25, 0.3) is 11.8 Å². The molecule has 136 valence electrons. The molecule has 0 spiro atoms. The van der Waals surface area contributed by atoms with Crippen molar-refractivity contribution in [1.29, 1.82) is 0 Å². The first-order valence-electron chi connectivity index (χ1n) is 8.90. The van der Waals surface area contributed by atoms with E-state index in [1.807, 2.05) is 6.92 Å². The van der Waals surface area contributed by atoms with Crippen LogP contribution in [0, 0.1) is 0 Å². The molecule has 2 heterocycles. The van der Waals surface area contributed by atoms with Crippen molar-refractivity contribution in [3.05, 3.63) is 65.2 Å². The van der Waals surface area contributed by atoms with E-state index in [-0.39, 0.29) is 23.6 Å². The Balaban J connectivity index is 1.67. The lowest BCUT2D eigenvalue weighted by atomic mass is 9.72. The highest BCUT2D eigenvalue weighted by Crippen LogP contribution is 2.37. The Bertz CT molecular complexity index is 945. The second kappa shape index (κ2) is 6.16. The van der Waals surface area contributed by atoms with Crippen molar-refractivity contribution < 1.29 is 19.2 Å². The van der Waals surface area contributed by atoms with Gasteiger partial charge in [0.2, 0.25) is 11.8 Å². The van der Waals surface area contributed by atoms with Crippen molar-refractivity contribution >= 4 is 29.3 Å². The minimum absolute atomic E-state index is 0.258. The van der Waals surface area contributed by atoms with E-state index < -0.39 is 5.41 Å². The van der Waals surface area contributed by atoms with Crippen molar-refractivity contribution in [1.82, 2.24) is 5.32 Å². The number of hydrogen-bond acceptors (Lipinski definition) is 4. The van der Waals surface area contributed by atoms with Crippen LogP contribution in [0.4, 0.5) is 5.69 Å². The van der Waals surface area contributed by atoms with Crippen LogP contribution in [0.25, 0.3) is 0 Å². The van der Waals surface area contributed by atoms with E-state index >= 15 is 0 Å². The maximum Gasteiger partial charge on any atom is 0.266 e. The van der Waals surface area contributed by atoms with Gasteiger partial charge in [0.1, 0.15) is 0 Å². The summed E-state index contributed by atoms with van der Waals surface area (Å²) >= 11 is 0. The SMILES string of the molecule is CC[C@]1(c2ccc(N3C(=O)c4ccccc4C3=O)cc2)CCC(=O)NC1=O. The van der Waals surface area contributed by atoms with Crippen LogP contribution < -0.4 is 10.2 Å². The number of fused-ring (bicyclic) bond motifs is 1. The maximum atomic E-state index is 12.6. The lowest BCUT2D eigenvalue weighted by molar-refractivity contribution is -0.138. The lowest BCUT2D eigenvalue weighted by Crippen LogP contribution is -2.51. The number of amides is 4. The smallest absolute Gasteiger partial charge is 0.266 e. The maximum absolute atomic E-state index is 12.6. The molecule has 4 amide bonds. The zero-order valence-corrected chi connectivity index (χ0v) is 14.8. The van der Waals surface area contributed by atoms with Crippen LogP contribution >= 0.6 is 0 Å². The summed E-state index contributed by atoms with van der Waals surface area (Å²) in [5, 5.41) is 2.42. The summed E-state index contributed by atoms with van der Waals surface area (Å²) in [6, 6.07) is 13.6. The second-order valence-electron chi connectivity index (χ2n) is 6.85. The van der Waals surface area contributed by atoms with E-state index in [0.717, 1.165) is 10.5 Å². The van der Waals surface area contributed by atoms with Gasteiger partial charge < -0.3 is 0 Å². The monoisotopic (exact) mass is 362 g/mol. The number of imide groups is 2. The molecular weight excluding hydrogens is 344 g/mol. The molecule has 2 aromatic carbocycles. The summed E-state index contributed by atoms with van der Waals surface area (Å²) in [4.78, 5) is 50.4. The first kappa shape index (κ1) is 17.1.